The first kappa shape index (κ1) is 20.7. The molecule has 5 rings (SSSR count). The minimum atomic E-state index is 0.631. The number of rotatable bonds is 7. The molecule has 7 heteroatoms. The fourth-order valence-corrected chi connectivity index (χ4v) is 5.99. The van der Waals surface area contributed by atoms with Crippen molar-refractivity contribution in [1.29, 1.82) is 0 Å². The third-order valence-electron chi connectivity index (χ3n) is 5.98. The Bertz CT molecular complexity index is 1170. The molecule has 1 aliphatic rings. The van der Waals surface area contributed by atoms with E-state index in [2.05, 4.69) is 69.0 Å². The Morgan fingerprint density at radius 2 is 2.00 bits per heavy atom. The molecule has 2 aromatic heterocycles. The van der Waals surface area contributed by atoms with E-state index in [0.717, 1.165) is 52.3 Å². The lowest BCUT2D eigenvalue weighted by molar-refractivity contribution is 0.336. The average molecular weight is 450 g/mol. The van der Waals surface area contributed by atoms with Gasteiger partial charge in [-0.05, 0) is 56.5 Å². The predicted octanol–water partition coefficient (Wildman–Crippen LogP) is 5.37. The first-order valence-electron chi connectivity index (χ1n) is 10.8. The highest BCUT2D eigenvalue weighted by atomic mass is 32.2. The molecular weight excluding hydrogens is 422 g/mol. The van der Waals surface area contributed by atoms with E-state index in [9.17, 15) is 0 Å². The number of nitrogens with zero attached hydrogens (tertiary/aromatic N) is 5. The number of aryl methyl sites for hydroxylation is 1. The third kappa shape index (κ3) is 4.54. The van der Waals surface area contributed by atoms with Gasteiger partial charge >= 0.3 is 0 Å². The van der Waals surface area contributed by atoms with Crippen LogP contribution in [0, 0.1) is 6.92 Å². The summed E-state index contributed by atoms with van der Waals surface area (Å²) in [6, 6.07) is 17.1. The van der Waals surface area contributed by atoms with Crippen LogP contribution in [0.4, 0.5) is 0 Å². The van der Waals surface area contributed by atoms with Crippen LogP contribution in [0.25, 0.3) is 21.6 Å². The van der Waals surface area contributed by atoms with Crippen LogP contribution in [0.15, 0.2) is 53.7 Å². The Morgan fingerprint density at radius 3 is 2.87 bits per heavy atom. The Kier molecular flexibility index (Phi) is 6.07. The lowest BCUT2D eigenvalue weighted by Crippen LogP contribution is -2.22. The first-order chi connectivity index (χ1) is 15.2. The highest BCUT2D eigenvalue weighted by Crippen LogP contribution is 2.31. The molecular formula is C24H27N5S2. The number of likely N-dealkylation sites (tertiary alicyclic amines) is 1. The van der Waals surface area contributed by atoms with Crippen LogP contribution in [0.5, 0.6) is 0 Å². The second-order valence-corrected chi connectivity index (χ2v) is 10.5. The van der Waals surface area contributed by atoms with Crippen LogP contribution in [0.2, 0.25) is 0 Å². The molecule has 0 amide bonds. The summed E-state index contributed by atoms with van der Waals surface area (Å²) in [5, 5.41) is 10.9. The molecule has 4 aromatic rings. The van der Waals surface area contributed by atoms with E-state index in [0.29, 0.717) is 5.92 Å². The maximum absolute atomic E-state index is 4.67. The zero-order valence-corrected chi connectivity index (χ0v) is 19.6. The number of hydrogen-bond acceptors (Lipinski definition) is 6. The standard InChI is InChI=1S/C24H27N5S2/c1-17-25-21-15-19(9-10-22(21)31-17)20-11-13-29(16-20)12-6-14-30-24-27-26-23(28(24)2)18-7-4-3-5-8-18/h3-5,7-10,15,20H,6,11-14,16H2,1-2H3. The maximum atomic E-state index is 4.67. The summed E-state index contributed by atoms with van der Waals surface area (Å²) in [4.78, 5) is 7.28. The number of hydrogen-bond donors (Lipinski definition) is 0. The van der Waals surface area contributed by atoms with Gasteiger partial charge in [-0.1, -0.05) is 48.2 Å². The van der Waals surface area contributed by atoms with Crippen LogP contribution in [0.3, 0.4) is 0 Å². The van der Waals surface area contributed by atoms with Crippen LogP contribution in [-0.2, 0) is 7.05 Å². The van der Waals surface area contributed by atoms with Crippen molar-refractivity contribution in [2.24, 2.45) is 7.05 Å². The Balaban J connectivity index is 1.11. The second-order valence-electron chi connectivity index (χ2n) is 8.18. The van der Waals surface area contributed by atoms with Gasteiger partial charge in [-0.2, -0.15) is 0 Å². The lowest BCUT2D eigenvalue weighted by Gasteiger charge is -2.16. The van der Waals surface area contributed by atoms with E-state index in [1.165, 1.54) is 23.2 Å². The van der Waals surface area contributed by atoms with Crippen molar-refractivity contribution in [3.05, 3.63) is 59.1 Å². The zero-order valence-electron chi connectivity index (χ0n) is 18.0. The van der Waals surface area contributed by atoms with Gasteiger partial charge in [0.15, 0.2) is 11.0 Å². The van der Waals surface area contributed by atoms with Crippen molar-refractivity contribution in [2.75, 3.05) is 25.4 Å². The summed E-state index contributed by atoms with van der Waals surface area (Å²) in [5.74, 6) is 2.62. The van der Waals surface area contributed by atoms with Gasteiger partial charge in [-0.3, -0.25) is 0 Å². The molecule has 31 heavy (non-hydrogen) atoms. The van der Waals surface area contributed by atoms with Crippen LogP contribution in [0.1, 0.15) is 29.3 Å². The van der Waals surface area contributed by atoms with E-state index in [1.807, 2.05) is 18.2 Å². The van der Waals surface area contributed by atoms with Gasteiger partial charge in [0.1, 0.15) is 0 Å². The second kappa shape index (κ2) is 9.10. The summed E-state index contributed by atoms with van der Waals surface area (Å²) in [7, 11) is 2.05. The SMILES string of the molecule is Cc1nc2cc(C3CCN(CCCSc4nnc(-c5ccccc5)n4C)C3)ccc2s1. The van der Waals surface area contributed by atoms with Gasteiger partial charge in [0.05, 0.1) is 15.2 Å². The molecule has 1 fully saturated rings. The van der Waals surface area contributed by atoms with E-state index in [-0.39, 0.29) is 0 Å². The molecule has 0 radical (unpaired) electrons. The van der Waals surface area contributed by atoms with Gasteiger partial charge in [0.25, 0.3) is 0 Å². The molecule has 5 nitrogen and oxygen atoms in total. The lowest BCUT2D eigenvalue weighted by atomic mass is 9.98. The third-order valence-corrected chi connectivity index (χ3v) is 8.04. The van der Waals surface area contributed by atoms with Gasteiger partial charge in [-0.15, -0.1) is 21.5 Å². The molecule has 0 bridgehead atoms. The summed E-state index contributed by atoms with van der Waals surface area (Å²) < 4.78 is 3.40. The van der Waals surface area contributed by atoms with Crippen LogP contribution in [-0.4, -0.2) is 50.0 Å². The Labute approximate surface area is 191 Å². The van der Waals surface area contributed by atoms with Gasteiger partial charge in [0, 0.05) is 24.9 Å². The predicted molar refractivity (Wildman–Crippen MR) is 130 cm³/mol. The molecule has 160 valence electrons. The minimum absolute atomic E-state index is 0.631. The summed E-state index contributed by atoms with van der Waals surface area (Å²) in [5.41, 5.74) is 3.72. The van der Waals surface area contributed by atoms with Crippen molar-refractivity contribution in [1.82, 2.24) is 24.6 Å². The monoisotopic (exact) mass is 449 g/mol. The van der Waals surface area contributed by atoms with E-state index < -0.39 is 0 Å². The fraction of sp³-hybridized carbons (Fsp3) is 0.375. The topological polar surface area (TPSA) is 46.8 Å². The molecule has 0 spiro atoms. The molecule has 2 aromatic carbocycles. The first-order valence-corrected chi connectivity index (χ1v) is 12.6. The van der Waals surface area contributed by atoms with Crippen molar-refractivity contribution in [2.45, 2.75) is 30.8 Å². The molecule has 0 aliphatic carbocycles. The largest absolute Gasteiger partial charge is 0.305 e. The summed E-state index contributed by atoms with van der Waals surface area (Å²) in [6.45, 7) is 5.57. The Morgan fingerprint density at radius 1 is 1.13 bits per heavy atom. The molecule has 1 unspecified atom stereocenters. The Hall–Kier alpha value is -2.22. The number of benzene rings is 2. The van der Waals surface area contributed by atoms with Crippen molar-refractivity contribution >= 4 is 33.3 Å². The van der Waals surface area contributed by atoms with E-state index in [1.54, 1.807) is 23.1 Å². The minimum Gasteiger partial charge on any atom is -0.305 e. The van der Waals surface area contributed by atoms with Gasteiger partial charge < -0.3 is 9.47 Å². The van der Waals surface area contributed by atoms with Crippen molar-refractivity contribution in [3.8, 4) is 11.4 Å². The summed E-state index contributed by atoms with van der Waals surface area (Å²) in [6.07, 6.45) is 2.40. The maximum Gasteiger partial charge on any atom is 0.191 e. The summed E-state index contributed by atoms with van der Waals surface area (Å²) >= 11 is 3.58. The molecule has 0 saturated carbocycles. The van der Waals surface area contributed by atoms with Crippen LogP contribution < -0.4 is 0 Å². The number of thioether (sulfide) groups is 1. The number of fused-ring (bicyclic) bond motifs is 1. The molecule has 0 N–H and O–H groups in total. The highest BCUT2D eigenvalue weighted by molar-refractivity contribution is 7.99. The fourth-order valence-electron chi connectivity index (χ4n) is 4.35. The molecule has 1 saturated heterocycles. The average Bonchev–Trinajstić information content (AvgIpc) is 3.49. The molecule has 1 aliphatic heterocycles. The van der Waals surface area contributed by atoms with Gasteiger partial charge in [-0.25, -0.2) is 4.98 Å². The highest BCUT2D eigenvalue weighted by Gasteiger charge is 2.24. The van der Waals surface area contributed by atoms with Crippen molar-refractivity contribution < 1.29 is 0 Å². The smallest absolute Gasteiger partial charge is 0.191 e. The normalized spacial score (nSPS) is 17.0. The van der Waals surface area contributed by atoms with E-state index >= 15 is 0 Å². The van der Waals surface area contributed by atoms with Gasteiger partial charge in [0.2, 0.25) is 0 Å². The quantitative estimate of drug-likeness (QED) is 0.280. The molecule has 3 heterocycles. The number of thiazole rings is 1. The van der Waals surface area contributed by atoms with Crippen LogP contribution >= 0.6 is 23.1 Å². The zero-order chi connectivity index (χ0) is 21.2. The van der Waals surface area contributed by atoms with Crippen molar-refractivity contribution in [3.63, 3.8) is 0 Å². The molecule has 1 atom stereocenters. The van der Waals surface area contributed by atoms with E-state index in [4.69, 9.17) is 0 Å². The number of aromatic nitrogens is 4.